The fraction of sp³-hybridized carbons (Fsp3) is 0.875. The zero-order valence-corrected chi connectivity index (χ0v) is 12.9. The number of carbonyl (C=O) groups is 2. The lowest BCUT2D eigenvalue weighted by molar-refractivity contribution is -0.140. The van der Waals surface area contributed by atoms with Crippen LogP contribution in [0, 0.1) is 5.92 Å². The van der Waals surface area contributed by atoms with Crippen LogP contribution in [-0.4, -0.2) is 18.9 Å². The Balaban J connectivity index is 3.15. The molecule has 112 valence electrons. The Morgan fingerprint density at radius 2 is 1.37 bits per heavy atom. The Hall–Kier alpha value is -0.860. The largest absolute Gasteiger partial charge is 0.469 e. The first-order valence-electron chi connectivity index (χ1n) is 7.65. The van der Waals surface area contributed by atoms with Gasteiger partial charge >= 0.3 is 5.97 Å². The average Bonchev–Trinajstić information content (AvgIpc) is 2.39. The van der Waals surface area contributed by atoms with E-state index in [4.69, 9.17) is 0 Å². The van der Waals surface area contributed by atoms with Crippen molar-refractivity contribution in [3.63, 3.8) is 0 Å². The highest BCUT2D eigenvalue weighted by atomic mass is 16.5. The molecule has 3 nitrogen and oxygen atoms in total. The number of ether oxygens (including phenoxy) is 1. The van der Waals surface area contributed by atoms with E-state index in [1.807, 2.05) is 6.92 Å². The number of methoxy groups -OCH3 is 1. The van der Waals surface area contributed by atoms with E-state index in [0.717, 1.165) is 19.3 Å². The summed E-state index contributed by atoms with van der Waals surface area (Å²) in [4.78, 5) is 21.9. The highest BCUT2D eigenvalue weighted by Crippen LogP contribution is 2.13. The minimum Gasteiger partial charge on any atom is -0.469 e. The van der Waals surface area contributed by atoms with Crippen molar-refractivity contribution in [1.29, 1.82) is 0 Å². The van der Waals surface area contributed by atoms with E-state index in [0.29, 0.717) is 12.2 Å². The third-order valence-corrected chi connectivity index (χ3v) is 3.69. The van der Waals surface area contributed by atoms with Crippen molar-refractivity contribution in [3.05, 3.63) is 0 Å². The maximum absolute atomic E-state index is 11.0. The van der Waals surface area contributed by atoms with E-state index in [2.05, 4.69) is 4.74 Å². The van der Waals surface area contributed by atoms with Gasteiger partial charge in [-0.05, 0) is 19.8 Å². The first kappa shape index (κ1) is 18.1. The number of ketones is 1. The second-order valence-electron chi connectivity index (χ2n) is 5.45. The van der Waals surface area contributed by atoms with Gasteiger partial charge in [0.1, 0.15) is 5.78 Å². The molecule has 0 aromatic rings. The summed E-state index contributed by atoms with van der Waals surface area (Å²) in [6.07, 6.45) is 11.1. The Kier molecular flexibility index (Phi) is 11.6. The summed E-state index contributed by atoms with van der Waals surface area (Å²) < 4.78 is 4.60. The maximum Gasteiger partial charge on any atom is 0.305 e. The molecule has 0 aliphatic carbocycles. The van der Waals surface area contributed by atoms with Crippen LogP contribution in [0.3, 0.4) is 0 Å². The van der Waals surface area contributed by atoms with Crippen LogP contribution in [0.4, 0.5) is 0 Å². The van der Waals surface area contributed by atoms with Gasteiger partial charge in [-0.3, -0.25) is 9.59 Å². The van der Waals surface area contributed by atoms with E-state index >= 15 is 0 Å². The van der Waals surface area contributed by atoms with Crippen molar-refractivity contribution in [2.45, 2.75) is 78.1 Å². The van der Waals surface area contributed by atoms with E-state index in [1.54, 1.807) is 6.92 Å². The predicted molar refractivity (Wildman–Crippen MR) is 78.0 cm³/mol. The summed E-state index contributed by atoms with van der Waals surface area (Å²) in [6, 6.07) is 0. The third kappa shape index (κ3) is 11.9. The van der Waals surface area contributed by atoms with Crippen molar-refractivity contribution < 1.29 is 14.3 Å². The van der Waals surface area contributed by atoms with Crippen molar-refractivity contribution in [3.8, 4) is 0 Å². The summed E-state index contributed by atoms with van der Waals surface area (Å²) in [5.74, 6) is 0.448. The summed E-state index contributed by atoms with van der Waals surface area (Å²) >= 11 is 0. The van der Waals surface area contributed by atoms with Crippen LogP contribution in [-0.2, 0) is 14.3 Å². The summed E-state index contributed by atoms with van der Waals surface area (Å²) in [5.41, 5.74) is 0. The molecule has 1 unspecified atom stereocenters. The van der Waals surface area contributed by atoms with Gasteiger partial charge in [-0.1, -0.05) is 51.9 Å². The number of unbranched alkanes of at least 4 members (excludes halogenated alkanes) is 7. The molecule has 1 atom stereocenters. The van der Waals surface area contributed by atoms with E-state index < -0.39 is 0 Å². The number of Topliss-reactive ketones (excluding diaryl/α,β-unsaturated/α-hetero) is 1. The molecule has 0 saturated carbocycles. The topological polar surface area (TPSA) is 43.4 Å². The normalized spacial score (nSPS) is 12.2. The molecule has 0 rings (SSSR count). The molecular formula is C16H30O3. The summed E-state index contributed by atoms with van der Waals surface area (Å²) in [6.45, 7) is 3.70. The number of hydrogen-bond donors (Lipinski definition) is 0. The van der Waals surface area contributed by atoms with Crippen LogP contribution in [0.2, 0.25) is 0 Å². The molecule has 0 fully saturated rings. The predicted octanol–water partition coefficient (Wildman–Crippen LogP) is 4.29. The molecule has 0 heterocycles. The second-order valence-corrected chi connectivity index (χ2v) is 5.45. The number of esters is 1. The number of hydrogen-bond acceptors (Lipinski definition) is 3. The van der Waals surface area contributed by atoms with Gasteiger partial charge in [-0.15, -0.1) is 0 Å². The Morgan fingerprint density at radius 1 is 0.895 bits per heavy atom. The Labute approximate surface area is 118 Å². The standard InChI is InChI=1S/C16H30O3/c1-14(15(2)17)12-10-8-6-4-5-7-9-11-13-16(18)19-3/h14H,4-13H2,1-3H3. The molecule has 0 aliphatic rings. The smallest absolute Gasteiger partial charge is 0.305 e. The number of rotatable bonds is 12. The first-order chi connectivity index (χ1) is 9.07. The van der Waals surface area contributed by atoms with Crippen molar-refractivity contribution in [2.24, 2.45) is 5.92 Å². The van der Waals surface area contributed by atoms with E-state index in [1.165, 1.54) is 45.6 Å². The lowest BCUT2D eigenvalue weighted by atomic mass is 9.99. The number of carbonyl (C=O) groups excluding carboxylic acids is 2. The lowest BCUT2D eigenvalue weighted by Crippen LogP contribution is -2.05. The van der Waals surface area contributed by atoms with Crippen molar-refractivity contribution in [2.75, 3.05) is 7.11 Å². The Morgan fingerprint density at radius 3 is 1.84 bits per heavy atom. The Bertz CT molecular complexity index is 248. The molecule has 0 aromatic heterocycles. The monoisotopic (exact) mass is 270 g/mol. The zero-order chi connectivity index (χ0) is 14.5. The van der Waals surface area contributed by atoms with Crippen molar-refractivity contribution >= 4 is 11.8 Å². The molecule has 0 saturated heterocycles. The average molecular weight is 270 g/mol. The zero-order valence-electron chi connectivity index (χ0n) is 12.9. The summed E-state index contributed by atoms with van der Waals surface area (Å²) in [7, 11) is 1.44. The summed E-state index contributed by atoms with van der Waals surface area (Å²) in [5, 5.41) is 0. The molecule has 19 heavy (non-hydrogen) atoms. The SMILES string of the molecule is COC(=O)CCCCCCCCCCC(C)C(C)=O. The van der Waals surface area contributed by atoms with Gasteiger partial charge in [0.15, 0.2) is 0 Å². The molecule has 0 amide bonds. The second kappa shape index (κ2) is 12.2. The molecule has 0 aromatic carbocycles. The fourth-order valence-electron chi connectivity index (χ4n) is 2.09. The first-order valence-corrected chi connectivity index (χ1v) is 7.65. The van der Waals surface area contributed by atoms with Gasteiger partial charge in [0, 0.05) is 12.3 Å². The molecule has 0 spiro atoms. The van der Waals surface area contributed by atoms with Crippen LogP contribution in [0.1, 0.15) is 78.1 Å². The molecule has 0 N–H and O–H groups in total. The van der Waals surface area contributed by atoms with Crippen LogP contribution in [0.5, 0.6) is 0 Å². The molecule has 0 bridgehead atoms. The van der Waals surface area contributed by atoms with Crippen molar-refractivity contribution in [1.82, 2.24) is 0 Å². The van der Waals surface area contributed by atoms with Crippen LogP contribution >= 0.6 is 0 Å². The van der Waals surface area contributed by atoms with Gasteiger partial charge in [0.2, 0.25) is 0 Å². The quantitative estimate of drug-likeness (QED) is 0.392. The fourth-order valence-corrected chi connectivity index (χ4v) is 2.09. The van der Waals surface area contributed by atoms with E-state index in [9.17, 15) is 9.59 Å². The maximum atomic E-state index is 11.0. The molecule has 0 radical (unpaired) electrons. The van der Waals surface area contributed by atoms with Crippen LogP contribution in [0.15, 0.2) is 0 Å². The van der Waals surface area contributed by atoms with Gasteiger partial charge in [0.05, 0.1) is 7.11 Å². The highest BCUT2D eigenvalue weighted by Gasteiger charge is 2.06. The third-order valence-electron chi connectivity index (χ3n) is 3.69. The molecular weight excluding hydrogens is 240 g/mol. The van der Waals surface area contributed by atoms with Crippen LogP contribution in [0.25, 0.3) is 0 Å². The van der Waals surface area contributed by atoms with E-state index in [-0.39, 0.29) is 11.9 Å². The van der Waals surface area contributed by atoms with Gasteiger partial charge in [0.25, 0.3) is 0 Å². The minimum atomic E-state index is -0.0976. The molecule has 0 aliphatic heterocycles. The van der Waals surface area contributed by atoms with Gasteiger partial charge < -0.3 is 4.74 Å². The highest BCUT2D eigenvalue weighted by molar-refractivity contribution is 5.77. The van der Waals surface area contributed by atoms with Gasteiger partial charge in [-0.25, -0.2) is 0 Å². The lowest BCUT2D eigenvalue weighted by Gasteiger charge is -2.06. The minimum absolute atomic E-state index is 0.0976. The van der Waals surface area contributed by atoms with Crippen LogP contribution < -0.4 is 0 Å². The molecule has 3 heteroatoms. The van der Waals surface area contributed by atoms with Gasteiger partial charge in [-0.2, -0.15) is 0 Å².